The fraction of sp³-hybridized carbons (Fsp3) is 0.500. The highest BCUT2D eigenvalue weighted by atomic mass is 35.5. The molecule has 1 aromatic carbocycles. The van der Waals surface area contributed by atoms with Crippen molar-refractivity contribution in [3.63, 3.8) is 0 Å². The molecule has 76 valence electrons. The topological polar surface area (TPSA) is 3.24 Å². The highest BCUT2D eigenvalue weighted by molar-refractivity contribution is 6.31. The lowest BCUT2D eigenvalue weighted by Gasteiger charge is -2.34. The Morgan fingerprint density at radius 2 is 2.00 bits per heavy atom. The second-order valence-electron chi connectivity index (χ2n) is 4.81. The van der Waals surface area contributed by atoms with Crippen LogP contribution in [0.5, 0.6) is 0 Å². The van der Waals surface area contributed by atoms with Crippen LogP contribution in [0.1, 0.15) is 26.3 Å². The van der Waals surface area contributed by atoms with Crippen molar-refractivity contribution in [1.82, 2.24) is 0 Å². The zero-order valence-corrected chi connectivity index (χ0v) is 9.73. The zero-order valence-electron chi connectivity index (χ0n) is 8.97. The maximum absolute atomic E-state index is 6.16. The Morgan fingerprint density at radius 1 is 1.29 bits per heavy atom. The van der Waals surface area contributed by atoms with Gasteiger partial charge in [-0.15, -0.1) is 0 Å². The van der Waals surface area contributed by atoms with E-state index in [-0.39, 0.29) is 5.54 Å². The van der Waals surface area contributed by atoms with Gasteiger partial charge in [-0.1, -0.05) is 17.7 Å². The first-order chi connectivity index (χ1) is 6.50. The van der Waals surface area contributed by atoms with Gasteiger partial charge >= 0.3 is 0 Å². The monoisotopic (exact) mass is 209 g/mol. The smallest absolute Gasteiger partial charge is 0.0459 e. The van der Waals surface area contributed by atoms with E-state index in [0.717, 1.165) is 18.0 Å². The average Bonchev–Trinajstić information content (AvgIpc) is 2.47. The van der Waals surface area contributed by atoms with E-state index in [1.807, 2.05) is 12.1 Å². The number of benzene rings is 1. The van der Waals surface area contributed by atoms with Crippen LogP contribution >= 0.6 is 11.6 Å². The molecule has 1 aliphatic rings. The Morgan fingerprint density at radius 3 is 2.64 bits per heavy atom. The fourth-order valence-electron chi connectivity index (χ4n) is 2.09. The maximum atomic E-state index is 6.16. The third kappa shape index (κ3) is 1.50. The highest BCUT2D eigenvalue weighted by Crippen LogP contribution is 2.37. The summed E-state index contributed by atoms with van der Waals surface area (Å²) in [6.07, 6.45) is 1.08. The van der Waals surface area contributed by atoms with Crippen LogP contribution in [0, 0.1) is 0 Å². The summed E-state index contributed by atoms with van der Waals surface area (Å²) in [5.74, 6) is 0. The number of rotatable bonds is 0. The lowest BCUT2D eigenvalue weighted by Crippen LogP contribution is -2.40. The Balaban J connectivity index is 2.45. The molecule has 0 bridgehead atoms. The summed E-state index contributed by atoms with van der Waals surface area (Å²) in [6.45, 7) is 7.80. The molecule has 1 heterocycles. The third-order valence-corrected chi connectivity index (χ3v) is 3.13. The molecule has 0 aromatic heterocycles. The summed E-state index contributed by atoms with van der Waals surface area (Å²) in [5.41, 5.74) is 2.81. The molecule has 0 saturated heterocycles. The summed E-state index contributed by atoms with van der Waals surface area (Å²) in [5, 5.41) is 0.911. The highest BCUT2D eigenvalue weighted by Gasteiger charge is 2.28. The van der Waals surface area contributed by atoms with E-state index < -0.39 is 0 Å². The van der Waals surface area contributed by atoms with Crippen molar-refractivity contribution < 1.29 is 0 Å². The Kier molecular flexibility index (Phi) is 2.23. The summed E-state index contributed by atoms with van der Waals surface area (Å²) in [4.78, 5) is 2.42. The molecule has 0 fully saturated rings. The first-order valence-electron chi connectivity index (χ1n) is 5.05. The molecule has 0 aliphatic carbocycles. The molecule has 14 heavy (non-hydrogen) atoms. The first-order valence-corrected chi connectivity index (χ1v) is 5.43. The van der Waals surface area contributed by atoms with Gasteiger partial charge in [-0.05, 0) is 44.9 Å². The van der Waals surface area contributed by atoms with Gasteiger partial charge in [0.25, 0.3) is 0 Å². The lowest BCUT2D eigenvalue weighted by molar-refractivity contribution is 0.518. The SMILES string of the molecule is CC(C)(C)N1CCc2c(Cl)cccc21. The third-order valence-electron chi connectivity index (χ3n) is 2.78. The fourth-order valence-corrected chi connectivity index (χ4v) is 2.35. The Hall–Kier alpha value is -0.690. The van der Waals surface area contributed by atoms with Gasteiger partial charge in [0.1, 0.15) is 0 Å². The standard InChI is InChI=1S/C12H16ClN/c1-12(2,3)14-8-7-9-10(13)5-4-6-11(9)14/h4-6H,7-8H2,1-3H3. The largest absolute Gasteiger partial charge is 0.366 e. The minimum atomic E-state index is 0.190. The molecule has 2 rings (SSSR count). The van der Waals surface area contributed by atoms with Crippen LogP contribution in [0.2, 0.25) is 5.02 Å². The molecule has 0 atom stereocenters. The summed E-state index contributed by atoms with van der Waals surface area (Å²) >= 11 is 6.16. The number of fused-ring (bicyclic) bond motifs is 1. The van der Waals surface area contributed by atoms with Crippen molar-refractivity contribution in [2.45, 2.75) is 32.7 Å². The minimum absolute atomic E-state index is 0.190. The minimum Gasteiger partial charge on any atom is -0.366 e. The number of hydrogen-bond donors (Lipinski definition) is 0. The molecule has 0 spiro atoms. The number of anilines is 1. The van der Waals surface area contributed by atoms with Crippen molar-refractivity contribution in [3.05, 3.63) is 28.8 Å². The molecular weight excluding hydrogens is 194 g/mol. The van der Waals surface area contributed by atoms with Crippen molar-refractivity contribution in [2.75, 3.05) is 11.4 Å². The molecule has 0 radical (unpaired) electrons. The van der Waals surface area contributed by atoms with E-state index in [1.165, 1.54) is 11.3 Å². The molecule has 1 aliphatic heterocycles. The van der Waals surface area contributed by atoms with Gasteiger partial charge in [-0.2, -0.15) is 0 Å². The van der Waals surface area contributed by atoms with Gasteiger partial charge in [-0.25, -0.2) is 0 Å². The van der Waals surface area contributed by atoms with Crippen molar-refractivity contribution in [1.29, 1.82) is 0 Å². The molecular formula is C12H16ClN. The van der Waals surface area contributed by atoms with Gasteiger partial charge in [-0.3, -0.25) is 0 Å². The van der Waals surface area contributed by atoms with Crippen LogP contribution < -0.4 is 4.90 Å². The maximum Gasteiger partial charge on any atom is 0.0459 e. The molecule has 1 nitrogen and oxygen atoms in total. The van der Waals surface area contributed by atoms with Gasteiger partial charge in [0.2, 0.25) is 0 Å². The van der Waals surface area contributed by atoms with E-state index in [1.54, 1.807) is 0 Å². The Bertz CT molecular complexity index is 352. The van der Waals surface area contributed by atoms with E-state index >= 15 is 0 Å². The number of halogens is 1. The predicted octanol–water partition coefficient (Wildman–Crippen LogP) is 3.50. The summed E-state index contributed by atoms with van der Waals surface area (Å²) < 4.78 is 0. The second-order valence-corrected chi connectivity index (χ2v) is 5.22. The van der Waals surface area contributed by atoms with Crippen molar-refractivity contribution in [2.24, 2.45) is 0 Å². The van der Waals surface area contributed by atoms with Crippen LogP contribution in [-0.2, 0) is 6.42 Å². The first kappa shape index (κ1) is 9.85. The van der Waals surface area contributed by atoms with Crippen molar-refractivity contribution in [3.8, 4) is 0 Å². The second kappa shape index (κ2) is 3.16. The van der Waals surface area contributed by atoms with E-state index in [2.05, 4.69) is 31.7 Å². The predicted molar refractivity (Wildman–Crippen MR) is 62.3 cm³/mol. The summed E-state index contributed by atoms with van der Waals surface area (Å²) in [6, 6.07) is 6.18. The van der Waals surface area contributed by atoms with Gasteiger partial charge in [0, 0.05) is 22.8 Å². The number of hydrogen-bond acceptors (Lipinski definition) is 1. The van der Waals surface area contributed by atoms with Gasteiger partial charge in [0.15, 0.2) is 0 Å². The quantitative estimate of drug-likeness (QED) is 0.632. The van der Waals surface area contributed by atoms with E-state index in [0.29, 0.717) is 0 Å². The molecule has 1 aromatic rings. The number of nitrogens with zero attached hydrogens (tertiary/aromatic N) is 1. The van der Waals surface area contributed by atoms with Crippen LogP contribution in [0.25, 0.3) is 0 Å². The molecule has 2 heteroatoms. The van der Waals surface area contributed by atoms with E-state index in [4.69, 9.17) is 11.6 Å². The average molecular weight is 210 g/mol. The summed E-state index contributed by atoms with van der Waals surface area (Å²) in [7, 11) is 0. The molecule has 0 saturated carbocycles. The lowest BCUT2D eigenvalue weighted by atomic mass is 10.1. The molecule has 0 N–H and O–H groups in total. The van der Waals surface area contributed by atoms with Crippen LogP contribution in [0.15, 0.2) is 18.2 Å². The normalized spacial score (nSPS) is 15.9. The van der Waals surface area contributed by atoms with Crippen molar-refractivity contribution >= 4 is 17.3 Å². The zero-order chi connectivity index (χ0) is 10.3. The van der Waals surface area contributed by atoms with Crippen LogP contribution in [0.3, 0.4) is 0 Å². The molecule has 0 amide bonds. The van der Waals surface area contributed by atoms with Crippen LogP contribution in [0.4, 0.5) is 5.69 Å². The van der Waals surface area contributed by atoms with Crippen LogP contribution in [-0.4, -0.2) is 12.1 Å². The van der Waals surface area contributed by atoms with Gasteiger partial charge < -0.3 is 4.90 Å². The Labute approximate surface area is 90.7 Å². The van der Waals surface area contributed by atoms with E-state index in [9.17, 15) is 0 Å². The van der Waals surface area contributed by atoms with Gasteiger partial charge in [0.05, 0.1) is 0 Å². The molecule has 0 unspecified atom stereocenters.